The van der Waals surface area contributed by atoms with Crippen LogP contribution in [0.5, 0.6) is 0 Å². The van der Waals surface area contributed by atoms with Crippen molar-refractivity contribution in [2.45, 2.75) is 45.3 Å². The van der Waals surface area contributed by atoms with Crippen molar-refractivity contribution in [2.75, 3.05) is 0 Å². The van der Waals surface area contributed by atoms with Gasteiger partial charge in [0, 0.05) is 11.5 Å². The van der Waals surface area contributed by atoms with E-state index in [9.17, 15) is 9.59 Å². The van der Waals surface area contributed by atoms with Gasteiger partial charge in [-0.05, 0) is 39.5 Å². The Balaban J connectivity index is 1.81. The molecule has 17 heavy (non-hydrogen) atoms. The number of nitrogens with one attached hydrogen (secondary N) is 1. The van der Waals surface area contributed by atoms with E-state index in [0.717, 1.165) is 12.8 Å². The molecule has 2 saturated carbocycles. The molecule has 0 spiro atoms. The highest BCUT2D eigenvalue weighted by atomic mass is 16.6. The number of esters is 1. The lowest BCUT2D eigenvalue weighted by atomic mass is 9.79. The summed E-state index contributed by atoms with van der Waals surface area (Å²) in [5.41, 5.74) is -0.235. The zero-order valence-corrected chi connectivity index (χ0v) is 10.5. The van der Waals surface area contributed by atoms with Crippen LogP contribution in [-0.2, 0) is 14.3 Å². The molecule has 2 aliphatic carbocycles. The maximum atomic E-state index is 12.3. The number of hydrogen-bond donors (Lipinski definition) is 1. The first-order chi connectivity index (χ1) is 7.87. The number of carbonyl (C=O) groups is 2. The number of ether oxygens (including phenoxy) is 1. The smallest absolute Gasteiger partial charge is 0.310 e. The topological polar surface area (TPSA) is 55.4 Å². The van der Waals surface area contributed by atoms with Gasteiger partial charge in [0.1, 0.15) is 6.10 Å². The van der Waals surface area contributed by atoms with Crippen molar-refractivity contribution < 1.29 is 14.3 Å². The molecule has 0 aromatic rings. The van der Waals surface area contributed by atoms with E-state index in [1.54, 1.807) is 0 Å². The molecule has 4 heteroatoms. The molecule has 1 saturated heterocycles. The van der Waals surface area contributed by atoms with E-state index in [1.165, 1.54) is 0 Å². The van der Waals surface area contributed by atoms with E-state index in [1.807, 2.05) is 20.8 Å². The molecule has 0 radical (unpaired) electrons. The Kier molecular flexibility index (Phi) is 2.11. The third kappa shape index (κ3) is 1.57. The second-order valence-electron chi connectivity index (χ2n) is 6.66. The molecular formula is C13H19NO3. The minimum Gasteiger partial charge on any atom is -0.462 e. The molecule has 1 aliphatic heterocycles. The van der Waals surface area contributed by atoms with E-state index in [-0.39, 0.29) is 35.4 Å². The van der Waals surface area contributed by atoms with Crippen molar-refractivity contribution in [1.82, 2.24) is 5.32 Å². The van der Waals surface area contributed by atoms with Crippen LogP contribution in [0, 0.1) is 23.7 Å². The molecule has 0 aromatic carbocycles. The quantitative estimate of drug-likeness (QED) is 0.695. The normalized spacial score (nSPS) is 42.8. The van der Waals surface area contributed by atoms with Crippen LogP contribution in [0.1, 0.15) is 33.6 Å². The van der Waals surface area contributed by atoms with Gasteiger partial charge in [0.15, 0.2) is 0 Å². The molecule has 3 rings (SSSR count). The molecule has 2 bridgehead atoms. The minimum atomic E-state index is -0.235. The first-order valence-corrected chi connectivity index (χ1v) is 6.39. The van der Waals surface area contributed by atoms with Gasteiger partial charge in [-0.15, -0.1) is 0 Å². The Bertz CT molecular complexity index is 383. The largest absolute Gasteiger partial charge is 0.462 e. The van der Waals surface area contributed by atoms with Crippen LogP contribution in [0.25, 0.3) is 0 Å². The van der Waals surface area contributed by atoms with Crippen molar-refractivity contribution in [3.8, 4) is 0 Å². The predicted molar refractivity (Wildman–Crippen MR) is 61.0 cm³/mol. The Morgan fingerprint density at radius 2 is 2.06 bits per heavy atom. The number of hydrogen-bond acceptors (Lipinski definition) is 3. The van der Waals surface area contributed by atoms with E-state index in [0.29, 0.717) is 11.8 Å². The van der Waals surface area contributed by atoms with Crippen LogP contribution in [0.4, 0.5) is 0 Å². The van der Waals surface area contributed by atoms with Gasteiger partial charge < -0.3 is 10.1 Å². The highest BCUT2D eigenvalue weighted by Crippen LogP contribution is 2.57. The fourth-order valence-electron chi connectivity index (χ4n) is 3.82. The maximum absolute atomic E-state index is 12.3. The molecule has 1 amide bonds. The highest BCUT2D eigenvalue weighted by Gasteiger charge is 2.64. The van der Waals surface area contributed by atoms with Crippen LogP contribution in [0.2, 0.25) is 0 Å². The molecule has 1 N–H and O–H groups in total. The number of carbonyl (C=O) groups excluding carboxylic acids is 2. The lowest BCUT2D eigenvalue weighted by molar-refractivity contribution is -0.146. The number of amides is 1. The van der Waals surface area contributed by atoms with Gasteiger partial charge in [-0.3, -0.25) is 9.59 Å². The fourth-order valence-corrected chi connectivity index (χ4v) is 3.82. The zero-order valence-electron chi connectivity index (χ0n) is 10.5. The number of rotatable bonds is 1. The van der Waals surface area contributed by atoms with Crippen molar-refractivity contribution in [3.63, 3.8) is 0 Å². The fraction of sp³-hybridized carbons (Fsp3) is 0.846. The highest BCUT2D eigenvalue weighted by molar-refractivity contribution is 5.88. The van der Waals surface area contributed by atoms with Gasteiger partial charge in [-0.2, -0.15) is 0 Å². The summed E-state index contributed by atoms with van der Waals surface area (Å²) in [5, 5.41) is 3.00. The first-order valence-electron chi connectivity index (χ1n) is 6.39. The second-order valence-corrected chi connectivity index (χ2v) is 6.66. The molecule has 5 atom stereocenters. The molecule has 3 aliphatic rings. The summed E-state index contributed by atoms with van der Waals surface area (Å²) >= 11 is 0. The Morgan fingerprint density at radius 1 is 1.35 bits per heavy atom. The third-order valence-corrected chi connectivity index (χ3v) is 4.28. The van der Waals surface area contributed by atoms with E-state index >= 15 is 0 Å². The van der Waals surface area contributed by atoms with Crippen LogP contribution >= 0.6 is 0 Å². The van der Waals surface area contributed by atoms with Gasteiger partial charge in [0.25, 0.3) is 0 Å². The summed E-state index contributed by atoms with van der Waals surface area (Å²) in [7, 11) is 0. The molecule has 4 nitrogen and oxygen atoms in total. The van der Waals surface area contributed by atoms with Crippen LogP contribution in [0.15, 0.2) is 0 Å². The molecule has 1 heterocycles. The Morgan fingerprint density at radius 3 is 2.71 bits per heavy atom. The third-order valence-electron chi connectivity index (χ3n) is 4.28. The van der Waals surface area contributed by atoms with Crippen molar-refractivity contribution >= 4 is 11.9 Å². The average Bonchev–Trinajstić information content (AvgIpc) is 2.73. The van der Waals surface area contributed by atoms with E-state index in [2.05, 4.69) is 5.32 Å². The molecule has 94 valence electrons. The standard InChI is InChI=1S/C13H19NO3/c1-13(2,3)14-11(15)9-6-4-7-8(5-6)17-12(16)10(7)9/h6-10H,4-5H2,1-3H3,(H,14,15). The van der Waals surface area contributed by atoms with Gasteiger partial charge in [0.05, 0.1) is 11.8 Å². The second kappa shape index (κ2) is 3.24. The SMILES string of the molecule is CC(C)(C)NC(=O)C1C2CC3OC(=O)C1C3C2. The first kappa shape index (κ1) is 11.1. The maximum Gasteiger partial charge on any atom is 0.310 e. The molecular weight excluding hydrogens is 218 g/mol. The Labute approximate surface area is 101 Å². The lowest BCUT2D eigenvalue weighted by Crippen LogP contribution is -2.47. The summed E-state index contributed by atoms with van der Waals surface area (Å²) < 4.78 is 5.33. The van der Waals surface area contributed by atoms with Gasteiger partial charge in [0.2, 0.25) is 5.91 Å². The van der Waals surface area contributed by atoms with Crippen LogP contribution < -0.4 is 5.32 Å². The van der Waals surface area contributed by atoms with Crippen molar-refractivity contribution in [3.05, 3.63) is 0 Å². The van der Waals surface area contributed by atoms with E-state index in [4.69, 9.17) is 4.74 Å². The molecule has 0 aromatic heterocycles. The van der Waals surface area contributed by atoms with Crippen molar-refractivity contribution in [2.24, 2.45) is 23.7 Å². The minimum absolute atomic E-state index is 0.0345. The number of fused-ring (bicyclic) bond motifs is 1. The summed E-state index contributed by atoms with van der Waals surface area (Å²) in [6.45, 7) is 5.90. The van der Waals surface area contributed by atoms with Crippen LogP contribution in [0.3, 0.4) is 0 Å². The lowest BCUT2D eigenvalue weighted by Gasteiger charge is -2.28. The monoisotopic (exact) mass is 237 g/mol. The van der Waals surface area contributed by atoms with Gasteiger partial charge in [-0.1, -0.05) is 0 Å². The predicted octanol–water partition coefficient (Wildman–Crippen LogP) is 1.10. The summed E-state index contributed by atoms with van der Waals surface area (Å²) in [6, 6.07) is 0. The van der Waals surface area contributed by atoms with E-state index < -0.39 is 0 Å². The van der Waals surface area contributed by atoms with Gasteiger partial charge in [-0.25, -0.2) is 0 Å². The summed E-state index contributed by atoms with van der Waals surface area (Å²) in [5.74, 6) is 0.236. The summed E-state index contributed by atoms with van der Waals surface area (Å²) in [4.78, 5) is 24.0. The van der Waals surface area contributed by atoms with Crippen molar-refractivity contribution in [1.29, 1.82) is 0 Å². The van der Waals surface area contributed by atoms with Gasteiger partial charge >= 0.3 is 5.97 Å². The van der Waals surface area contributed by atoms with Crippen LogP contribution in [-0.4, -0.2) is 23.5 Å². The molecule has 5 unspecified atom stereocenters. The molecule has 3 fully saturated rings. The summed E-state index contributed by atoms with van der Waals surface area (Å²) in [6.07, 6.45) is 1.98. The average molecular weight is 237 g/mol. The zero-order chi connectivity index (χ0) is 12.4. The Hall–Kier alpha value is -1.06.